The predicted molar refractivity (Wildman–Crippen MR) is 241 cm³/mol. The van der Waals surface area contributed by atoms with E-state index in [9.17, 15) is 18.0 Å². The monoisotopic (exact) mass is 884 g/mol. The Morgan fingerprint density at radius 1 is 0.508 bits per heavy atom. The first-order valence-electron chi connectivity index (χ1n) is 22.7. The van der Waals surface area contributed by atoms with Gasteiger partial charge in [0.05, 0.1) is 60.6 Å². The molecule has 340 valence electrons. The van der Waals surface area contributed by atoms with Gasteiger partial charge in [-0.25, -0.2) is 18.0 Å². The van der Waals surface area contributed by atoms with Crippen LogP contribution < -0.4 is 18.9 Å². The van der Waals surface area contributed by atoms with Crippen molar-refractivity contribution >= 4 is 21.8 Å². The Kier molecular flexibility index (Phi) is 18.0. The van der Waals surface area contributed by atoms with Crippen LogP contribution in [-0.2, 0) is 24.0 Å². The molecule has 1 heterocycles. The van der Waals surface area contributed by atoms with Gasteiger partial charge in [0.15, 0.2) is 0 Å². The maximum Gasteiger partial charge on any atom is 0.343 e. The van der Waals surface area contributed by atoms with Gasteiger partial charge in [-0.15, -0.1) is 0 Å². The molecule has 0 N–H and O–H groups in total. The minimum atomic E-state index is -3.91. The van der Waals surface area contributed by atoms with Crippen LogP contribution in [0.25, 0.3) is 0 Å². The smallest absolute Gasteiger partial charge is 0.343 e. The lowest BCUT2D eigenvalue weighted by molar-refractivity contribution is -0.150. The van der Waals surface area contributed by atoms with Crippen molar-refractivity contribution in [1.82, 2.24) is 0 Å². The fourth-order valence-corrected chi connectivity index (χ4v) is 8.81. The summed E-state index contributed by atoms with van der Waals surface area (Å²) in [6, 6.07) is 24.7. The topological polar surface area (TPSA) is 133 Å². The lowest BCUT2D eigenvalue weighted by atomic mass is 9.68. The van der Waals surface area contributed by atoms with Crippen LogP contribution in [0.5, 0.6) is 23.0 Å². The molecule has 1 saturated carbocycles. The highest BCUT2D eigenvalue weighted by Gasteiger charge is 2.37. The van der Waals surface area contributed by atoms with Crippen LogP contribution in [0.4, 0.5) is 0 Å². The standard InChI is InChI=1S/C51H64O11S/c1-3-50(30-13-31-50)36-56-32-9-5-7-11-34-59-42-18-14-40(15-19-42)48(52)61-44-22-26-46(27-23-44)63(54,55)47-28-24-45(25-29-47)62-49(53)41-16-20-43(21-17-41)60-35-12-8-6-10-33-57-37-51(4-2)38-58-39-51/h14-29H,3-13,30-39H2,1-2H3. The van der Waals surface area contributed by atoms with E-state index in [2.05, 4.69) is 13.8 Å². The lowest BCUT2D eigenvalue weighted by Gasteiger charge is -2.40. The third-order valence-electron chi connectivity index (χ3n) is 12.3. The minimum Gasteiger partial charge on any atom is -0.494 e. The number of unbranched alkanes of at least 4 members (excludes halogenated alkanes) is 6. The molecule has 63 heavy (non-hydrogen) atoms. The molecule has 6 rings (SSSR count). The van der Waals surface area contributed by atoms with Crippen LogP contribution in [0.3, 0.4) is 0 Å². The highest BCUT2D eigenvalue weighted by atomic mass is 32.2. The lowest BCUT2D eigenvalue weighted by Crippen LogP contribution is -2.45. The van der Waals surface area contributed by atoms with Gasteiger partial charge in [0, 0.05) is 18.6 Å². The van der Waals surface area contributed by atoms with Crippen molar-refractivity contribution in [3.05, 3.63) is 108 Å². The van der Waals surface area contributed by atoms with Crippen molar-refractivity contribution in [3.8, 4) is 23.0 Å². The first kappa shape index (κ1) is 47.7. The van der Waals surface area contributed by atoms with Gasteiger partial charge >= 0.3 is 11.9 Å². The molecule has 1 aliphatic heterocycles. The van der Waals surface area contributed by atoms with Crippen molar-refractivity contribution in [2.75, 3.05) is 52.9 Å². The number of sulfone groups is 1. The summed E-state index contributed by atoms with van der Waals surface area (Å²) in [5, 5.41) is 0. The number of hydrogen-bond acceptors (Lipinski definition) is 11. The van der Waals surface area contributed by atoms with Crippen LogP contribution in [0.15, 0.2) is 107 Å². The molecule has 0 amide bonds. The zero-order chi connectivity index (χ0) is 44.4. The summed E-state index contributed by atoms with van der Waals surface area (Å²) in [7, 11) is -3.91. The number of benzene rings is 4. The molecule has 4 aromatic rings. The zero-order valence-electron chi connectivity index (χ0n) is 37.0. The molecule has 2 fully saturated rings. The Morgan fingerprint density at radius 2 is 0.889 bits per heavy atom. The molecular weight excluding hydrogens is 821 g/mol. The van der Waals surface area contributed by atoms with Gasteiger partial charge < -0.3 is 33.2 Å². The number of carbonyl (C=O) groups is 2. The van der Waals surface area contributed by atoms with E-state index in [1.807, 2.05) is 0 Å². The normalized spacial score (nSPS) is 15.1. The zero-order valence-corrected chi connectivity index (χ0v) is 37.8. The quantitative estimate of drug-likeness (QED) is 0.0307. The van der Waals surface area contributed by atoms with Gasteiger partial charge in [0.2, 0.25) is 9.84 Å². The minimum absolute atomic E-state index is 0.0162. The molecule has 11 nitrogen and oxygen atoms in total. The van der Waals surface area contributed by atoms with Gasteiger partial charge in [-0.2, -0.15) is 0 Å². The molecule has 0 spiro atoms. The van der Waals surface area contributed by atoms with Crippen molar-refractivity contribution in [2.24, 2.45) is 10.8 Å². The van der Waals surface area contributed by atoms with Gasteiger partial charge in [0.25, 0.3) is 0 Å². The average Bonchev–Trinajstić information content (AvgIpc) is 3.27. The molecule has 0 aromatic heterocycles. The van der Waals surface area contributed by atoms with E-state index in [0.717, 1.165) is 97.4 Å². The summed E-state index contributed by atoms with van der Waals surface area (Å²) in [6.07, 6.45) is 14.5. The van der Waals surface area contributed by atoms with Crippen LogP contribution in [0.2, 0.25) is 0 Å². The average molecular weight is 885 g/mol. The molecule has 0 bridgehead atoms. The molecule has 2 aliphatic rings. The third-order valence-corrected chi connectivity index (χ3v) is 14.1. The number of hydrogen-bond donors (Lipinski definition) is 0. The van der Waals surface area contributed by atoms with E-state index < -0.39 is 21.8 Å². The highest BCUT2D eigenvalue weighted by molar-refractivity contribution is 7.91. The SMILES string of the molecule is CCC1(COCCCCCCOc2ccc(C(=O)Oc3ccc(S(=O)(=O)c4ccc(OC(=O)c5ccc(OCCCCCCOCC6(CC)COC6)cc5)cc4)cc3)cc2)CCC1. The number of esters is 2. The summed E-state index contributed by atoms with van der Waals surface area (Å²) in [4.78, 5) is 25.7. The van der Waals surface area contributed by atoms with Gasteiger partial charge in [-0.3, -0.25) is 0 Å². The molecule has 1 saturated heterocycles. The molecule has 4 aromatic carbocycles. The maximum absolute atomic E-state index is 13.4. The van der Waals surface area contributed by atoms with E-state index >= 15 is 0 Å². The Hall–Kier alpha value is -4.75. The van der Waals surface area contributed by atoms with E-state index in [4.69, 9.17) is 33.2 Å². The van der Waals surface area contributed by atoms with E-state index in [1.54, 1.807) is 48.5 Å². The Balaban J connectivity index is 0.849. The van der Waals surface area contributed by atoms with E-state index in [0.29, 0.717) is 41.3 Å². The molecule has 1 aliphatic carbocycles. The van der Waals surface area contributed by atoms with E-state index in [-0.39, 0.29) is 26.7 Å². The van der Waals surface area contributed by atoms with Gasteiger partial charge in [-0.1, -0.05) is 33.1 Å². The Labute approximate surface area is 373 Å². The predicted octanol–water partition coefficient (Wildman–Crippen LogP) is 10.9. The number of carbonyl (C=O) groups excluding carboxylic acids is 2. The van der Waals surface area contributed by atoms with Crippen molar-refractivity contribution in [2.45, 2.75) is 107 Å². The Bertz CT molecular complexity index is 1950. The van der Waals surface area contributed by atoms with Crippen LogP contribution in [0, 0.1) is 10.8 Å². The maximum atomic E-state index is 13.4. The number of rotatable bonds is 28. The van der Waals surface area contributed by atoms with Crippen molar-refractivity contribution in [1.29, 1.82) is 0 Å². The van der Waals surface area contributed by atoms with Crippen LogP contribution >= 0.6 is 0 Å². The molecular formula is C51H64O11S. The summed E-state index contributed by atoms with van der Waals surface area (Å²) >= 11 is 0. The van der Waals surface area contributed by atoms with Crippen LogP contribution in [-0.4, -0.2) is 73.2 Å². The molecule has 12 heteroatoms. The van der Waals surface area contributed by atoms with Crippen molar-refractivity contribution in [3.63, 3.8) is 0 Å². The van der Waals surface area contributed by atoms with Gasteiger partial charge in [0.1, 0.15) is 23.0 Å². The fraction of sp³-hybridized carbons (Fsp3) is 0.490. The second kappa shape index (κ2) is 23.8. The molecule has 0 unspecified atom stereocenters. The Morgan fingerprint density at radius 3 is 1.24 bits per heavy atom. The van der Waals surface area contributed by atoms with Crippen LogP contribution in [0.1, 0.15) is 118 Å². The van der Waals surface area contributed by atoms with Crippen molar-refractivity contribution < 1.29 is 51.2 Å². The first-order valence-corrected chi connectivity index (χ1v) is 24.2. The fourth-order valence-electron chi connectivity index (χ4n) is 7.55. The van der Waals surface area contributed by atoms with E-state index in [1.165, 1.54) is 74.2 Å². The molecule has 0 atom stereocenters. The second-order valence-electron chi connectivity index (χ2n) is 17.0. The first-order chi connectivity index (χ1) is 30.6. The number of ether oxygens (including phenoxy) is 7. The summed E-state index contributed by atoms with van der Waals surface area (Å²) in [6.45, 7) is 10.5. The molecule has 0 radical (unpaired) electrons. The summed E-state index contributed by atoms with van der Waals surface area (Å²) in [5.74, 6) is 0.585. The summed E-state index contributed by atoms with van der Waals surface area (Å²) in [5.41, 5.74) is 1.35. The third kappa shape index (κ3) is 14.1. The largest absolute Gasteiger partial charge is 0.494 e. The second-order valence-corrected chi connectivity index (χ2v) is 18.9. The highest BCUT2D eigenvalue weighted by Crippen LogP contribution is 2.44. The summed E-state index contributed by atoms with van der Waals surface area (Å²) < 4.78 is 66.6. The van der Waals surface area contributed by atoms with Gasteiger partial charge in [-0.05, 0) is 167 Å².